The van der Waals surface area contributed by atoms with E-state index in [0.29, 0.717) is 13.1 Å². The number of carbonyl (C=O) groups excluding carboxylic acids is 2. The van der Waals surface area contributed by atoms with Crippen LogP contribution in [-0.4, -0.2) is 40.5 Å². The van der Waals surface area contributed by atoms with Gasteiger partial charge >= 0.3 is 6.03 Å². The Morgan fingerprint density at radius 2 is 1.85 bits per heavy atom. The van der Waals surface area contributed by atoms with E-state index in [1.165, 1.54) is 11.8 Å². The number of amides is 2. The molecule has 3 N–H and O–H groups in total. The van der Waals surface area contributed by atoms with Gasteiger partial charge in [-0.15, -0.1) is 0 Å². The van der Waals surface area contributed by atoms with Gasteiger partial charge < -0.3 is 15.7 Å². The van der Waals surface area contributed by atoms with E-state index >= 15 is 0 Å². The number of hydrogen-bond donors (Lipinski definition) is 2. The number of hydrogen-bond acceptors (Lipinski definition) is 3. The number of likely N-dealkylation sites (tertiary alicyclic amines) is 1. The van der Waals surface area contributed by atoms with E-state index in [2.05, 4.69) is 0 Å². The van der Waals surface area contributed by atoms with Crippen molar-refractivity contribution in [1.82, 2.24) is 4.90 Å². The van der Waals surface area contributed by atoms with Gasteiger partial charge in [-0.1, -0.05) is 0 Å². The second kappa shape index (κ2) is 3.33. The molecule has 1 heterocycles. The first-order valence-corrected chi connectivity index (χ1v) is 4.23. The molecule has 0 spiro atoms. The van der Waals surface area contributed by atoms with Crippen LogP contribution in [0.5, 0.6) is 0 Å². The Labute approximate surface area is 76.5 Å². The highest BCUT2D eigenvalue weighted by molar-refractivity contribution is 5.85. The van der Waals surface area contributed by atoms with Crippen LogP contribution in [0.1, 0.15) is 19.8 Å². The van der Waals surface area contributed by atoms with Crippen molar-refractivity contribution in [3.63, 3.8) is 0 Å². The van der Waals surface area contributed by atoms with Crippen LogP contribution in [0.2, 0.25) is 0 Å². The van der Waals surface area contributed by atoms with Crippen molar-refractivity contribution in [3.05, 3.63) is 0 Å². The molecule has 5 nitrogen and oxygen atoms in total. The minimum Gasteiger partial charge on any atom is -0.382 e. The molecule has 0 aromatic rings. The van der Waals surface area contributed by atoms with E-state index in [4.69, 9.17) is 5.73 Å². The molecule has 0 unspecified atom stereocenters. The fraction of sp³-hybridized carbons (Fsp3) is 0.750. The molecular formula is C8H14N2O3. The smallest absolute Gasteiger partial charge is 0.314 e. The standard InChI is InChI=1S/C8H14N2O3/c1-6(11)8(13)2-4-10(5-3-8)7(9)12/h13H,2-5H2,1H3,(H2,9,12). The van der Waals surface area contributed by atoms with Crippen LogP contribution in [-0.2, 0) is 4.79 Å². The summed E-state index contributed by atoms with van der Waals surface area (Å²) >= 11 is 0. The third-order valence-electron chi connectivity index (χ3n) is 2.56. The molecule has 74 valence electrons. The van der Waals surface area contributed by atoms with E-state index < -0.39 is 11.6 Å². The normalized spacial score (nSPS) is 21.2. The first-order valence-electron chi connectivity index (χ1n) is 4.23. The van der Waals surface area contributed by atoms with E-state index in [9.17, 15) is 14.7 Å². The Balaban J connectivity index is 2.56. The van der Waals surface area contributed by atoms with E-state index in [1.807, 2.05) is 0 Å². The number of ketones is 1. The third-order valence-corrected chi connectivity index (χ3v) is 2.56. The van der Waals surface area contributed by atoms with Crippen LogP contribution in [0.4, 0.5) is 4.79 Å². The van der Waals surface area contributed by atoms with Crippen LogP contribution in [0.15, 0.2) is 0 Å². The summed E-state index contributed by atoms with van der Waals surface area (Å²) < 4.78 is 0. The molecule has 1 rings (SSSR count). The molecule has 0 aromatic heterocycles. The average molecular weight is 186 g/mol. The van der Waals surface area contributed by atoms with E-state index in [-0.39, 0.29) is 18.6 Å². The second-order valence-corrected chi connectivity index (χ2v) is 3.41. The van der Waals surface area contributed by atoms with Gasteiger partial charge in [0.15, 0.2) is 5.78 Å². The van der Waals surface area contributed by atoms with Crippen molar-refractivity contribution in [1.29, 1.82) is 0 Å². The van der Waals surface area contributed by atoms with E-state index in [1.54, 1.807) is 0 Å². The summed E-state index contributed by atoms with van der Waals surface area (Å²) in [4.78, 5) is 23.2. The van der Waals surface area contributed by atoms with Gasteiger partial charge in [-0.2, -0.15) is 0 Å². The Hall–Kier alpha value is -1.10. The van der Waals surface area contributed by atoms with Gasteiger partial charge in [0.2, 0.25) is 0 Å². The maximum absolute atomic E-state index is 11.0. The Morgan fingerprint density at radius 1 is 1.38 bits per heavy atom. The average Bonchev–Trinajstić information content (AvgIpc) is 2.04. The van der Waals surface area contributed by atoms with Gasteiger partial charge in [0.1, 0.15) is 5.60 Å². The summed E-state index contributed by atoms with van der Waals surface area (Å²) in [5.74, 6) is -0.239. The maximum atomic E-state index is 11.0. The Kier molecular flexibility index (Phi) is 2.56. The SMILES string of the molecule is CC(=O)C1(O)CCN(C(N)=O)CC1. The van der Waals surface area contributed by atoms with Gasteiger partial charge in [0, 0.05) is 25.9 Å². The molecule has 1 aliphatic heterocycles. The number of carbonyl (C=O) groups is 2. The van der Waals surface area contributed by atoms with E-state index in [0.717, 1.165) is 0 Å². The topological polar surface area (TPSA) is 83.6 Å². The molecule has 0 atom stereocenters. The molecule has 0 bridgehead atoms. The zero-order valence-electron chi connectivity index (χ0n) is 7.62. The van der Waals surface area contributed by atoms with Crippen LogP contribution >= 0.6 is 0 Å². The van der Waals surface area contributed by atoms with Crippen LogP contribution in [0.3, 0.4) is 0 Å². The first-order chi connectivity index (χ1) is 5.96. The highest BCUT2D eigenvalue weighted by Gasteiger charge is 2.37. The lowest BCUT2D eigenvalue weighted by Gasteiger charge is -2.35. The molecule has 5 heteroatoms. The minimum absolute atomic E-state index is 0.239. The summed E-state index contributed by atoms with van der Waals surface area (Å²) in [5.41, 5.74) is 3.81. The number of nitrogens with zero attached hydrogens (tertiary/aromatic N) is 1. The second-order valence-electron chi connectivity index (χ2n) is 3.41. The number of aliphatic hydroxyl groups is 1. The molecule has 0 radical (unpaired) electrons. The van der Waals surface area contributed by atoms with Crippen molar-refractivity contribution < 1.29 is 14.7 Å². The number of urea groups is 1. The lowest BCUT2D eigenvalue weighted by atomic mass is 9.88. The highest BCUT2D eigenvalue weighted by Crippen LogP contribution is 2.22. The fourth-order valence-corrected chi connectivity index (χ4v) is 1.45. The quantitative estimate of drug-likeness (QED) is 0.578. The molecule has 1 saturated heterocycles. The van der Waals surface area contributed by atoms with Crippen LogP contribution < -0.4 is 5.73 Å². The summed E-state index contributed by atoms with van der Waals surface area (Å²) in [6.45, 7) is 2.07. The summed E-state index contributed by atoms with van der Waals surface area (Å²) in [6.07, 6.45) is 0.566. The van der Waals surface area contributed by atoms with Crippen molar-refractivity contribution in [2.75, 3.05) is 13.1 Å². The Morgan fingerprint density at radius 3 is 2.15 bits per heavy atom. The molecule has 2 amide bonds. The number of Topliss-reactive ketones (excluding diaryl/α,β-unsaturated/α-hetero) is 1. The van der Waals surface area contributed by atoms with Crippen molar-refractivity contribution in [3.8, 4) is 0 Å². The predicted molar refractivity (Wildman–Crippen MR) is 46.0 cm³/mol. The molecule has 0 aromatic carbocycles. The van der Waals surface area contributed by atoms with Crippen LogP contribution in [0, 0.1) is 0 Å². The maximum Gasteiger partial charge on any atom is 0.314 e. The Bertz CT molecular complexity index is 232. The summed E-state index contributed by atoms with van der Waals surface area (Å²) in [7, 11) is 0. The monoisotopic (exact) mass is 186 g/mol. The van der Waals surface area contributed by atoms with Crippen molar-refractivity contribution in [2.24, 2.45) is 5.73 Å². The number of primary amides is 1. The summed E-state index contributed by atoms with van der Waals surface area (Å²) in [5, 5.41) is 9.72. The number of piperidine rings is 1. The van der Waals surface area contributed by atoms with Gasteiger partial charge in [-0.25, -0.2) is 4.79 Å². The molecular weight excluding hydrogens is 172 g/mol. The van der Waals surface area contributed by atoms with Crippen molar-refractivity contribution >= 4 is 11.8 Å². The zero-order valence-corrected chi connectivity index (χ0v) is 7.62. The first kappa shape index (κ1) is 9.98. The van der Waals surface area contributed by atoms with Crippen LogP contribution in [0.25, 0.3) is 0 Å². The number of rotatable bonds is 1. The lowest BCUT2D eigenvalue weighted by Crippen LogP contribution is -2.51. The minimum atomic E-state index is -1.24. The van der Waals surface area contributed by atoms with Gasteiger partial charge in [-0.05, 0) is 6.92 Å². The van der Waals surface area contributed by atoms with Gasteiger partial charge in [0.05, 0.1) is 0 Å². The molecule has 0 aliphatic carbocycles. The van der Waals surface area contributed by atoms with Gasteiger partial charge in [-0.3, -0.25) is 4.79 Å². The van der Waals surface area contributed by atoms with Gasteiger partial charge in [0.25, 0.3) is 0 Å². The third kappa shape index (κ3) is 1.98. The molecule has 13 heavy (non-hydrogen) atoms. The molecule has 0 saturated carbocycles. The predicted octanol–water partition coefficient (Wildman–Crippen LogP) is -0.519. The van der Waals surface area contributed by atoms with Crippen molar-refractivity contribution in [2.45, 2.75) is 25.4 Å². The highest BCUT2D eigenvalue weighted by atomic mass is 16.3. The molecule has 1 fully saturated rings. The fourth-order valence-electron chi connectivity index (χ4n) is 1.45. The molecule has 1 aliphatic rings. The number of nitrogens with two attached hydrogens (primary N) is 1. The largest absolute Gasteiger partial charge is 0.382 e. The lowest BCUT2D eigenvalue weighted by molar-refractivity contribution is -0.139. The zero-order chi connectivity index (χ0) is 10.1. The summed E-state index contributed by atoms with van der Waals surface area (Å²) in [6, 6.07) is -0.495.